The van der Waals surface area contributed by atoms with Gasteiger partial charge in [-0.2, -0.15) is 5.10 Å². The van der Waals surface area contributed by atoms with Crippen molar-refractivity contribution < 1.29 is 0 Å². The van der Waals surface area contributed by atoms with Crippen LogP contribution in [0.1, 0.15) is 0 Å². The van der Waals surface area contributed by atoms with E-state index >= 15 is 0 Å². The highest BCUT2D eigenvalue weighted by atomic mass is 15.1. The first-order chi connectivity index (χ1) is 14.3. The predicted molar refractivity (Wildman–Crippen MR) is 117 cm³/mol. The zero-order chi connectivity index (χ0) is 19.6. The molecule has 0 aliphatic heterocycles. The summed E-state index contributed by atoms with van der Waals surface area (Å²) in [4.78, 5) is 9.13. The third-order valence-electron chi connectivity index (χ3n) is 4.82. The van der Waals surface area contributed by atoms with Crippen LogP contribution >= 0.6 is 0 Å². The minimum Gasteiger partial charge on any atom is -0.340 e. The molecule has 0 spiro atoms. The van der Waals surface area contributed by atoms with E-state index in [1.54, 1.807) is 18.6 Å². The Balaban J connectivity index is 1.42. The Morgan fingerprint density at radius 3 is 2.62 bits per heavy atom. The van der Waals surface area contributed by atoms with Crippen molar-refractivity contribution in [2.75, 3.05) is 5.32 Å². The number of hydrogen-bond donors (Lipinski definition) is 2. The summed E-state index contributed by atoms with van der Waals surface area (Å²) >= 11 is 0. The monoisotopic (exact) mass is 378 g/mol. The summed E-state index contributed by atoms with van der Waals surface area (Å²) in [7, 11) is 0. The van der Waals surface area contributed by atoms with Gasteiger partial charge in [0.1, 0.15) is 5.82 Å². The van der Waals surface area contributed by atoms with Crippen molar-refractivity contribution in [3.63, 3.8) is 0 Å². The summed E-state index contributed by atoms with van der Waals surface area (Å²) in [6, 6.07) is 18.2. The number of rotatable bonds is 5. The van der Waals surface area contributed by atoms with Crippen molar-refractivity contribution in [1.29, 1.82) is 0 Å². The Morgan fingerprint density at radius 1 is 0.966 bits per heavy atom. The molecule has 0 bridgehead atoms. The normalized spacial score (nSPS) is 10.9. The van der Waals surface area contributed by atoms with Crippen LogP contribution in [0.15, 0.2) is 86.0 Å². The zero-order valence-electron chi connectivity index (χ0n) is 15.6. The highest BCUT2D eigenvalue weighted by Gasteiger charge is 2.07. The van der Waals surface area contributed by atoms with Crippen LogP contribution in [0.25, 0.3) is 39.6 Å². The van der Waals surface area contributed by atoms with Crippen molar-refractivity contribution in [2.45, 2.75) is 0 Å². The molecule has 6 nitrogen and oxygen atoms in total. The van der Waals surface area contributed by atoms with Gasteiger partial charge in [-0.1, -0.05) is 30.8 Å². The summed E-state index contributed by atoms with van der Waals surface area (Å²) in [6.07, 6.45) is 9.23. The van der Waals surface area contributed by atoms with Crippen molar-refractivity contribution >= 4 is 28.6 Å². The number of hydrogen-bond acceptors (Lipinski definition) is 4. The molecule has 2 N–H and O–H groups in total. The van der Waals surface area contributed by atoms with Gasteiger partial charge < -0.3 is 9.88 Å². The molecule has 0 radical (unpaired) electrons. The fraction of sp³-hybridized carbons (Fsp3) is 0. The molecule has 0 aliphatic rings. The van der Waals surface area contributed by atoms with Crippen LogP contribution in [0.2, 0.25) is 0 Å². The highest BCUT2D eigenvalue weighted by molar-refractivity contribution is 5.86. The average molecular weight is 378 g/mol. The van der Waals surface area contributed by atoms with Gasteiger partial charge in [0.2, 0.25) is 0 Å². The number of nitrogens with one attached hydrogen (secondary N) is 2. The molecule has 0 unspecified atom stereocenters. The summed E-state index contributed by atoms with van der Waals surface area (Å²) in [5.74, 6) is 1.41. The zero-order valence-corrected chi connectivity index (χ0v) is 15.6. The molecule has 0 saturated carbocycles. The first-order valence-electron chi connectivity index (χ1n) is 9.23. The van der Waals surface area contributed by atoms with Crippen molar-refractivity contribution in [1.82, 2.24) is 24.7 Å². The van der Waals surface area contributed by atoms with Crippen molar-refractivity contribution in [2.24, 2.45) is 0 Å². The van der Waals surface area contributed by atoms with Crippen LogP contribution in [0.5, 0.6) is 0 Å². The molecule has 3 heterocycles. The van der Waals surface area contributed by atoms with E-state index in [9.17, 15) is 0 Å². The third kappa shape index (κ3) is 3.27. The van der Waals surface area contributed by atoms with Crippen LogP contribution in [0, 0.1) is 0 Å². The number of aromatic nitrogens is 5. The molecule has 0 aliphatic carbocycles. The third-order valence-corrected chi connectivity index (χ3v) is 4.82. The number of benzene rings is 2. The van der Waals surface area contributed by atoms with Gasteiger partial charge in [-0.25, -0.2) is 9.97 Å². The topological polar surface area (TPSA) is 71.4 Å². The van der Waals surface area contributed by atoms with E-state index < -0.39 is 0 Å². The largest absolute Gasteiger partial charge is 0.340 e. The molecule has 3 aromatic heterocycles. The molecular formula is C23H18N6. The molecule has 0 atom stereocenters. The lowest BCUT2D eigenvalue weighted by atomic mass is 10.1. The second-order valence-corrected chi connectivity index (χ2v) is 6.63. The fourth-order valence-electron chi connectivity index (χ4n) is 3.32. The molecule has 0 fully saturated rings. The van der Waals surface area contributed by atoms with E-state index in [4.69, 9.17) is 0 Å². The lowest BCUT2D eigenvalue weighted by molar-refractivity contribution is 1.09. The number of H-pyrrole nitrogens is 1. The van der Waals surface area contributed by atoms with Gasteiger partial charge in [-0.15, -0.1) is 0 Å². The predicted octanol–water partition coefficient (Wildman–Crippen LogP) is 5.33. The molecule has 5 rings (SSSR count). The van der Waals surface area contributed by atoms with Crippen molar-refractivity contribution in [3.8, 4) is 22.5 Å². The summed E-state index contributed by atoms with van der Waals surface area (Å²) in [5.41, 5.74) is 5.15. The van der Waals surface area contributed by atoms with Gasteiger partial charge in [-0.3, -0.25) is 5.10 Å². The van der Waals surface area contributed by atoms with Crippen molar-refractivity contribution in [3.05, 3.63) is 86.0 Å². The minimum atomic E-state index is 0.670. The summed E-state index contributed by atoms with van der Waals surface area (Å²) in [5, 5.41) is 11.3. The quantitative estimate of drug-likeness (QED) is 0.433. The molecule has 5 aromatic rings. The molecule has 2 aromatic carbocycles. The van der Waals surface area contributed by atoms with E-state index in [0.717, 1.165) is 39.1 Å². The first-order valence-corrected chi connectivity index (χ1v) is 9.23. The second-order valence-electron chi connectivity index (χ2n) is 6.63. The lowest BCUT2D eigenvalue weighted by Gasteiger charge is -2.08. The van der Waals surface area contributed by atoms with Crippen LogP contribution in [0.3, 0.4) is 0 Å². The van der Waals surface area contributed by atoms with E-state index in [-0.39, 0.29) is 0 Å². The SMILES string of the molecule is C=Cn1ccc2ccc(-c3nccc(Nc4ccc(-c5cn[nH]c5)cc4)n3)cc21. The molecule has 29 heavy (non-hydrogen) atoms. The van der Waals surface area contributed by atoms with Crippen LogP contribution in [-0.4, -0.2) is 24.7 Å². The average Bonchev–Trinajstić information content (AvgIpc) is 3.44. The van der Waals surface area contributed by atoms with Crippen LogP contribution in [-0.2, 0) is 0 Å². The molecular weight excluding hydrogens is 360 g/mol. The van der Waals surface area contributed by atoms with E-state index in [1.165, 1.54) is 0 Å². The fourth-order valence-corrected chi connectivity index (χ4v) is 3.32. The summed E-state index contributed by atoms with van der Waals surface area (Å²) in [6.45, 7) is 3.86. The lowest BCUT2D eigenvalue weighted by Crippen LogP contribution is -1.97. The van der Waals surface area contributed by atoms with Gasteiger partial charge >= 0.3 is 0 Å². The molecule has 140 valence electrons. The van der Waals surface area contributed by atoms with Gasteiger partial charge in [-0.05, 0) is 41.3 Å². The van der Waals surface area contributed by atoms with Crippen LogP contribution in [0.4, 0.5) is 11.5 Å². The Hall–Kier alpha value is -4.19. The first kappa shape index (κ1) is 16.9. The van der Waals surface area contributed by atoms with E-state index in [0.29, 0.717) is 5.82 Å². The Kier molecular flexibility index (Phi) is 4.14. The number of nitrogens with zero attached hydrogens (tertiary/aromatic N) is 4. The van der Waals surface area contributed by atoms with Gasteiger partial charge in [0, 0.05) is 41.6 Å². The van der Waals surface area contributed by atoms with E-state index in [2.05, 4.69) is 50.3 Å². The molecule has 0 saturated heterocycles. The van der Waals surface area contributed by atoms with E-state index in [1.807, 2.05) is 53.4 Å². The standard InChI is InChI=1S/C23H18N6/c1-2-29-12-10-17-3-4-18(13-21(17)29)23-24-11-9-22(28-23)27-20-7-5-16(6-8-20)19-14-25-26-15-19/h2-15H,1H2,(H,25,26)(H,24,27,28). The second kappa shape index (κ2) is 7.09. The number of aromatic amines is 1. The van der Waals surface area contributed by atoms with Gasteiger partial charge in [0.25, 0.3) is 0 Å². The molecule has 0 amide bonds. The Labute approximate surface area is 167 Å². The Morgan fingerprint density at radius 2 is 1.83 bits per heavy atom. The smallest absolute Gasteiger partial charge is 0.161 e. The van der Waals surface area contributed by atoms with Gasteiger partial charge in [0.05, 0.1) is 11.7 Å². The summed E-state index contributed by atoms with van der Waals surface area (Å²) < 4.78 is 1.99. The minimum absolute atomic E-state index is 0.670. The number of anilines is 2. The highest BCUT2D eigenvalue weighted by Crippen LogP contribution is 2.25. The maximum atomic E-state index is 4.68. The molecule has 6 heteroatoms. The number of fused-ring (bicyclic) bond motifs is 1. The van der Waals surface area contributed by atoms with Crippen LogP contribution < -0.4 is 5.32 Å². The maximum Gasteiger partial charge on any atom is 0.161 e. The maximum absolute atomic E-state index is 4.68. The Bertz CT molecular complexity index is 1280. The van der Waals surface area contributed by atoms with Gasteiger partial charge in [0.15, 0.2) is 5.82 Å².